The van der Waals surface area contributed by atoms with Gasteiger partial charge in [0.1, 0.15) is 24.2 Å². The Balaban J connectivity index is 1.73. The van der Waals surface area contributed by atoms with E-state index in [0.29, 0.717) is 5.57 Å². The van der Waals surface area contributed by atoms with Gasteiger partial charge in [0.25, 0.3) is 16.9 Å². The topological polar surface area (TPSA) is 156 Å². The number of carboxylic acids is 1. The molecule has 2 atom stereocenters. The normalized spacial score (nSPS) is 20.4. The second-order valence-corrected chi connectivity index (χ2v) is 8.96. The molecular weight excluding hydrogens is 530 g/mol. The van der Waals surface area contributed by atoms with Gasteiger partial charge in [-0.05, 0) is 17.7 Å². The van der Waals surface area contributed by atoms with Gasteiger partial charge in [0.15, 0.2) is 5.76 Å². The zero-order valence-electron chi connectivity index (χ0n) is 16.4. The standard InChI is InChI=1S/C18H16BrN3O8S2/c1-29-21-11(9(23)5-19)14(24)20-12-15(25)22-13(17(26)27)8(6-31-16(12)22)7-32-18(28)10-3-2-4-30-10/h2-4,12,16H,5-7H2,1H3,(H,20,24)(H,26,27)/b21-11-. The second kappa shape index (κ2) is 10.4. The molecule has 1 aromatic heterocycles. The predicted octanol–water partition coefficient (Wildman–Crippen LogP) is 0.858. The van der Waals surface area contributed by atoms with Crippen molar-refractivity contribution < 1.29 is 38.3 Å². The third-order valence-corrected chi connectivity index (χ3v) is 7.22. The fourth-order valence-corrected chi connectivity index (χ4v) is 5.54. The molecule has 3 rings (SSSR count). The number of fused-ring (bicyclic) bond motifs is 1. The number of furan rings is 1. The van der Waals surface area contributed by atoms with E-state index in [9.17, 15) is 29.1 Å². The molecule has 1 saturated heterocycles. The van der Waals surface area contributed by atoms with Gasteiger partial charge >= 0.3 is 5.97 Å². The van der Waals surface area contributed by atoms with E-state index < -0.39 is 40.7 Å². The number of alkyl halides is 1. The van der Waals surface area contributed by atoms with Gasteiger partial charge in [-0.2, -0.15) is 0 Å². The molecule has 0 aromatic carbocycles. The number of thioether (sulfide) groups is 2. The smallest absolute Gasteiger partial charge is 0.352 e. The zero-order chi connectivity index (χ0) is 23.4. The van der Waals surface area contributed by atoms with Crippen LogP contribution >= 0.6 is 39.5 Å². The highest BCUT2D eigenvalue weighted by atomic mass is 79.9. The molecule has 2 aliphatic rings. The van der Waals surface area contributed by atoms with E-state index in [1.807, 2.05) is 0 Å². The summed E-state index contributed by atoms with van der Waals surface area (Å²) in [6, 6.07) is 2.03. The number of carbonyl (C=O) groups is 5. The van der Waals surface area contributed by atoms with Gasteiger partial charge in [-0.1, -0.05) is 32.8 Å². The molecule has 14 heteroatoms. The first-order chi connectivity index (χ1) is 15.3. The number of hydrogen-bond donors (Lipinski definition) is 2. The molecule has 2 N–H and O–H groups in total. The number of nitrogens with one attached hydrogen (secondary N) is 1. The van der Waals surface area contributed by atoms with Crippen molar-refractivity contribution in [2.24, 2.45) is 5.16 Å². The molecule has 2 aliphatic heterocycles. The summed E-state index contributed by atoms with van der Waals surface area (Å²) in [5, 5.41) is 14.3. The minimum atomic E-state index is -1.31. The molecule has 0 spiro atoms. The van der Waals surface area contributed by atoms with Crippen LogP contribution in [0.25, 0.3) is 0 Å². The number of β-lactam (4-membered cyclic amide) rings is 1. The number of hydrogen-bond acceptors (Lipinski definition) is 10. The fraction of sp³-hybridized carbons (Fsp3) is 0.333. The lowest BCUT2D eigenvalue weighted by Gasteiger charge is -2.49. The van der Waals surface area contributed by atoms with Gasteiger partial charge in [0, 0.05) is 11.5 Å². The molecule has 32 heavy (non-hydrogen) atoms. The summed E-state index contributed by atoms with van der Waals surface area (Å²) in [7, 11) is 1.17. The Kier molecular flexibility index (Phi) is 7.79. The van der Waals surface area contributed by atoms with Crippen LogP contribution in [0.1, 0.15) is 10.6 Å². The Hall–Kier alpha value is -2.58. The van der Waals surface area contributed by atoms with E-state index in [4.69, 9.17) is 4.42 Å². The van der Waals surface area contributed by atoms with Crippen LogP contribution in [-0.4, -0.2) is 79.8 Å². The van der Waals surface area contributed by atoms with E-state index in [1.165, 1.54) is 31.2 Å². The Morgan fingerprint density at radius 1 is 1.44 bits per heavy atom. The van der Waals surface area contributed by atoms with Gasteiger partial charge < -0.3 is 19.7 Å². The van der Waals surface area contributed by atoms with E-state index in [0.717, 1.165) is 16.7 Å². The minimum absolute atomic E-state index is 0.0616. The first kappa shape index (κ1) is 24.1. The second-order valence-electron chi connectivity index (χ2n) is 6.35. The van der Waals surface area contributed by atoms with Crippen molar-refractivity contribution in [2.45, 2.75) is 11.4 Å². The lowest BCUT2D eigenvalue weighted by molar-refractivity contribution is -0.150. The van der Waals surface area contributed by atoms with Crippen molar-refractivity contribution >= 4 is 73.8 Å². The highest BCUT2D eigenvalue weighted by Crippen LogP contribution is 2.41. The average Bonchev–Trinajstić information content (AvgIpc) is 3.33. The molecule has 2 amide bonds. The van der Waals surface area contributed by atoms with Crippen molar-refractivity contribution in [2.75, 3.05) is 23.9 Å². The third kappa shape index (κ3) is 4.76. The number of nitrogens with zero attached hydrogens (tertiary/aromatic N) is 2. The number of aliphatic carboxylic acids is 1. The average molecular weight is 546 g/mol. The van der Waals surface area contributed by atoms with E-state index in [2.05, 4.69) is 31.2 Å². The van der Waals surface area contributed by atoms with Gasteiger partial charge in [-0.3, -0.25) is 24.1 Å². The number of carboxylic acid groups (broad SMARTS) is 1. The lowest BCUT2D eigenvalue weighted by atomic mass is 10.0. The summed E-state index contributed by atoms with van der Waals surface area (Å²) in [6.07, 6.45) is 1.36. The van der Waals surface area contributed by atoms with Gasteiger partial charge in [-0.25, -0.2) is 4.79 Å². The van der Waals surface area contributed by atoms with Crippen molar-refractivity contribution in [3.05, 3.63) is 35.4 Å². The highest BCUT2D eigenvalue weighted by molar-refractivity contribution is 9.09. The molecule has 0 radical (unpaired) electrons. The summed E-state index contributed by atoms with van der Waals surface area (Å²) >= 11 is 5.05. The number of Topliss-reactive ketones (excluding diaryl/α,β-unsaturated/α-hetero) is 1. The first-order valence-corrected chi connectivity index (χ1v) is 12.1. The number of carbonyl (C=O) groups excluding carboxylic acids is 4. The van der Waals surface area contributed by atoms with E-state index >= 15 is 0 Å². The zero-order valence-corrected chi connectivity index (χ0v) is 19.6. The largest absolute Gasteiger partial charge is 0.477 e. The number of rotatable bonds is 9. The predicted molar refractivity (Wildman–Crippen MR) is 118 cm³/mol. The van der Waals surface area contributed by atoms with Crippen LogP contribution in [-0.2, 0) is 24.0 Å². The molecule has 2 unspecified atom stereocenters. The molecule has 0 aliphatic carbocycles. The number of amides is 2. The van der Waals surface area contributed by atoms with E-state index in [1.54, 1.807) is 6.07 Å². The summed E-state index contributed by atoms with van der Waals surface area (Å²) < 4.78 is 5.03. The summed E-state index contributed by atoms with van der Waals surface area (Å²) in [6.45, 7) is 0. The summed E-state index contributed by atoms with van der Waals surface area (Å²) in [5.41, 5.74) is -0.330. The maximum Gasteiger partial charge on any atom is 0.352 e. The van der Waals surface area contributed by atoms with Crippen molar-refractivity contribution in [3.8, 4) is 0 Å². The number of oxime groups is 1. The van der Waals surface area contributed by atoms with Crippen LogP contribution in [0, 0.1) is 0 Å². The van der Waals surface area contributed by atoms with Crippen LogP contribution in [0.3, 0.4) is 0 Å². The SMILES string of the molecule is CO/N=C(/C(=O)CBr)C(=O)NC1C(=O)N2C(C(=O)O)=C(CSC(=O)c3ccco3)CSC12. The summed E-state index contributed by atoms with van der Waals surface area (Å²) in [4.78, 5) is 66.5. The van der Waals surface area contributed by atoms with Crippen molar-refractivity contribution in [1.29, 1.82) is 0 Å². The maximum atomic E-state index is 12.7. The van der Waals surface area contributed by atoms with E-state index in [-0.39, 0.29) is 33.4 Å². The molecule has 1 fully saturated rings. The van der Waals surface area contributed by atoms with Crippen molar-refractivity contribution in [1.82, 2.24) is 10.2 Å². The lowest BCUT2D eigenvalue weighted by Crippen LogP contribution is -2.71. The molecular formula is C18H16BrN3O8S2. The summed E-state index contributed by atoms with van der Waals surface area (Å²) in [5.74, 6) is -3.06. The third-order valence-electron chi connectivity index (χ3n) is 4.42. The van der Waals surface area contributed by atoms with Crippen molar-refractivity contribution in [3.63, 3.8) is 0 Å². The molecule has 0 saturated carbocycles. The monoisotopic (exact) mass is 545 g/mol. The van der Waals surface area contributed by atoms with Crippen LogP contribution in [0.4, 0.5) is 0 Å². The molecule has 170 valence electrons. The molecule has 1 aromatic rings. The maximum absolute atomic E-state index is 12.7. The highest BCUT2D eigenvalue weighted by Gasteiger charge is 2.54. The Labute approximate surface area is 198 Å². The Morgan fingerprint density at radius 3 is 2.78 bits per heavy atom. The fourth-order valence-electron chi connectivity index (χ4n) is 3.00. The van der Waals surface area contributed by atoms with Crippen LogP contribution in [0.2, 0.25) is 0 Å². The molecule has 0 bridgehead atoms. The van der Waals surface area contributed by atoms with Crippen LogP contribution in [0.5, 0.6) is 0 Å². The number of ketones is 1. The molecule has 11 nitrogen and oxygen atoms in total. The first-order valence-electron chi connectivity index (χ1n) is 8.92. The van der Waals surface area contributed by atoms with Gasteiger partial charge in [-0.15, -0.1) is 11.8 Å². The van der Waals surface area contributed by atoms with Crippen LogP contribution in [0.15, 0.2) is 39.2 Å². The molecule has 3 heterocycles. The quantitative estimate of drug-likeness (QED) is 0.150. The Bertz CT molecular complexity index is 1020. The number of halogens is 1. The van der Waals surface area contributed by atoms with Gasteiger partial charge in [0.2, 0.25) is 11.5 Å². The Morgan fingerprint density at radius 2 is 2.19 bits per heavy atom. The van der Waals surface area contributed by atoms with Crippen LogP contribution < -0.4 is 5.32 Å². The van der Waals surface area contributed by atoms with Gasteiger partial charge in [0.05, 0.1) is 11.6 Å². The minimum Gasteiger partial charge on any atom is -0.477 e.